The number of fused-ring (bicyclic) bond motifs is 1. The van der Waals surface area contributed by atoms with Gasteiger partial charge in [0.05, 0.1) is 6.34 Å². The molecule has 3 heterocycles. The fraction of sp³-hybridized carbons (Fsp3) is 0.333. The van der Waals surface area contributed by atoms with Crippen molar-refractivity contribution >= 4 is 47.2 Å². The number of aliphatic imine (C=N–C) groups is 1. The maximum Gasteiger partial charge on any atom is 0.270 e. The van der Waals surface area contributed by atoms with E-state index >= 15 is 0 Å². The number of hydrogen-bond donors (Lipinski definition) is 3. The topological polar surface area (TPSA) is 113 Å². The summed E-state index contributed by atoms with van der Waals surface area (Å²) in [4.78, 5) is 51.0. The molecule has 10 nitrogen and oxygen atoms in total. The van der Waals surface area contributed by atoms with Crippen LogP contribution in [0.2, 0.25) is 5.02 Å². The SMILES string of the molecule is CC(=O)NCCNC1c2cc(C(=O)N3CCN(C(=O)CCc4ccc(Cl)cc4)CC3)[nH]c2N=CN1c1ccccc1. The first-order valence-corrected chi connectivity index (χ1v) is 14.2. The summed E-state index contributed by atoms with van der Waals surface area (Å²) in [5, 5.41) is 6.97. The van der Waals surface area contributed by atoms with Crippen molar-refractivity contribution in [1.82, 2.24) is 25.4 Å². The number of amides is 3. The monoisotopic (exact) mass is 575 g/mol. The van der Waals surface area contributed by atoms with E-state index in [4.69, 9.17) is 11.6 Å². The largest absolute Gasteiger partial charge is 0.355 e. The van der Waals surface area contributed by atoms with Crippen molar-refractivity contribution < 1.29 is 14.4 Å². The standard InChI is InChI=1S/C30H34ClN7O3/c1-21(39)32-13-14-33-29-25-19-26(35-28(25)34-20-38(29)24-5-3-2-4-6-24)30(41)37-17-15-36(16-18-37)27(40)12-9-22-7-10-23(31)11-8-22/h2-8,10-11,19-20,29,33,35H,9,12-18H2,1H3,(H,32,39). The smallest absolute Gasteiger partial charge is 0.270 e. The Balaban J connectivity index is 1.22. The Hall–Kier alpha value is -4.15. The highest BCUT2D eigenvalue weighted by Crippen LogP contribution is 2.35. The van der Waals surface area contributed by atoms with E-state index in [1.165, 1.54) is 6.92 Å². The minimum atomic E-state index is -0.286. The third-order valence-corrected chi connectivity index (χ3v) is 7.54. The van der Waals surface area contributed by atoms with Crippen molar-refractivity contribution in [2.75, 3.05) is 44.2 Å². The molecule has 0 spiro atoms. The molecular formula is C30H34ClN7O3. The third kappa shape index (κ3) is 6.96. The van der Waals surface area contributed by atoms with Crippen molar-refractivity contribution in [2.24, 2.45) is 4.99 Å². The first-order valence-electron chi connectivity index (χ1n) is 13.8. The number of aromatic amines is 1. The third-order valence-electron chi connectivity index (χ3n) is 7.29. The summed E-state index contributed by atoms with van der Waals surface area (Å²) in [7, 11) is 0. The van der Waals surface area contributed by atoms with Crippen LogP contribution in [-0.2, 0) is 16.0 Å². The number of hydrogen-bond acceptors (Lipinski definition) is 6. The molecule has 1 atom stereocenters. The van der Waals surface area contributed by atoms with Gasteiger partial charge in [-0.25, -0.2) is 4.99 Å². The maximum atomic E-state index is 13.5. The number of carbonyl (C=O) groups excluding carboxylic acids is 3. The summed E-state index contributed by atoms with van der Waals surface area (Å²) in [6.45, 7) is 4.42. The van der Waals surface area contributed by atoms with Crippen LogP contribution in [0.4, 0.5) is 11.5 Å². The normalized spacial score (nSPS) is 16.4. The number of nitrogens with zero attached hydrogens (tertiary/aromatic N) is 4. The Morgan fingerprint density at radius 2 is 1.68 bits per heavy atom. The van der Waals surface area contributed by atoms with Crippen LogP contribution >= 0.6 is 11.6 Å². The van der Waals surface area contributed by atoms with Crippen LogP contribution in [0.3, 0.4) is 0 Å². The molecule has 1 aromatic heterocycles. The molecule has 1 saturated heterocycles. The van der Waals surface area contributed by atoms with Crippen molar-refractivity contribution in [3.8, 4) is 0 Å². The van der Waals surface area contributed by atoms with Gasteiger partial charge in [-0.15, -0.1) is 0 Å². The van der Waals surface area contributed by atoms with E-state index in [0.29, 0.717) is 68.6 Å². The zero-order valence-electron chi connectivity index (χ0n) is 23.0. The highest BCUT2D eigenvalue weighted by molar-refractivity contribution is 6.30. The van der Waals surface area contributed by atoms with Gasteiger partial charge < -0.3 is 25.0 Å². The number of para-hydroxylation sites is 1. The van der Waals surface area contributed by atoms with Gasteiger partial charge in [0.1, 0.15) is 17.7 Å². The highest BCUT2D eigenvalue weighted by Gasteiger charge is 2.31. The van der Waals surface area contributed by atoms with E-state index in [-0.39, 0.29) is 23.9 Å². The molecule has 1 unspecified atom stereocenters. The van der Waals surface area contributed by atoms with Gasteiger partial charge >= 0.3 is 0 Å². The Labute approximate surface area is 244 Å². The van der Waals surface area contributed by atoms with Gasteiger partial charge in [0.2, 0.25) is 11.8 Å². The second-order valence-corrected chi connectivity index (χ2v) is 10.5. The average molecular weight is 576 g/mol. The quantitative estimate of drug-likeness (QED) is 0.338. The maximum absolute atomic E-state index is 13.5. The molecule has 1 fully saturated rings. The van der Waals surface area contributed by atoms with Gasteiger partial charge in [-0.05, 0) is 42.3 Å². The molecule has 0 aliphatic carbocycles. The lowest BCUT2D eigenvalue weighted by Gasteiger charge is -2.34. The molecule has 11 heteroatoms. The second-order valence-electron chi connectivity index (χ2n) is 10.1. The summed E-state index contributed by atoms with van der Waals surface area (Å²) in [5.74, 6) is 0.501. The molecule has 0 radical (unpaired) electrons. The molecule has 2 aliphatic rings. The van der Waals surface area contributed by atoms with Gasteiger partial charge in [-0.3, -0.25) is 19.7 Å². The summed E-state index contributed by atoms with van der Waals surface area (Å²) >= 11 is 5.95. The zero-order valence-corrected chi connectivity index (χ0v) is 23.7. The molecule has 3 amide bonds. The molecule has 2 aromatic carbocycles. The molecule has 3 N–H and O–H groups in total. The van der Waals surface area contributed by atoms with Crippen molar-refractivity contribution in [2.45, 2.75) is 25.9 Å². The van der Waals surface area contributed by atoms with E-state index in [2.05, 4.69) is 20.6 Å². The van der Waals surface area contributed by atoms with E-state index in [9.17, 15) is 14.4 Å². The van der Waals surface area contributed by atoms with E-state index in [0.717, 1.165) is 16.8 Å². The Morgan fingerprint density at radius 1 is 0.976 bits per heavy atom. The van der Waals surface area contributed by atoms with E-state index in [1.54, 1.807) is 11.2 Å². The first-order chi connectivity index (χ1) is 19.9. The average Bonchev–Trinajstić information content (AvgIpc) is 3.44. The number of nitrogens with one attached hydrogen (secondary N) is 3. The summed E-state index contributed by atoms with van der Waals surface area (Å²) in [6.07, 6.45) is 2.54. The van der Waals surface area contributed by atoms with Gasteiger partial charge in [0.15, 0.2) is 0 Å². The fourth-order valence-electron chi connectivity index (χ4n) is 5.09. The Morgan fingerprint density at radius 3 is 2.39 bits per heavy atom. The molecule has 5 rings (SSSR count). The lowest BCUT2D eigenvalue weighted by atomic mass is 10.1. The number of benzene rings is 2. The number of rotatable bonds is 9. The number of anilines is 1. The van der Waals surface area contributed by atoms with Crippen LogP contribution in [0, 0.1) is 0 Å². The van der Waals surface area contributed by atoms with E-state index in [1.807, 2.05) is 70.5 Å². The lowest BCUT2D eigenvalue weighted by Crippen LogP contribution is -2.50. The zero-order chi connectivity index (χ0) is 28.8. The number of piperazine rings is 1. The molecule has 214 valence electrons. The minimum absolute atomic E-state index is 0.0875. The number of halogens is 1. The van der Waals surface area contributed by atoms with Crippen LogP contribution in [0.15, 0.2) is 65.7 Å². The van der Waals surface area contributed by atoms with Gasteiger partial charge in [0.25, 0.3) is 5.91 Å². The molecule has 0 saturated carbocycles. The fourth-order valence-corrected chi connectivity index (χ4v) is 5.21. The first kappa shape index (κ1) is 28.4. The van der Waals surface area contributed by atoms with Gasteiger partial charge in [-0.2, -0.15) is 0 Å². The Kier molecular flexibility index (Phi) is 9.01. The number of carbonyl (C=O) groups is 3. The molecule has 41 heavy (non-hydrogen) atoms. The minimum Gasteiger partial charge on any atom is -0.355 e. The molecule has 3 aromatic rings. The summed E-state index contributed by atoms with van der Waals surface area (Å²) in [5.41, 5.74) is 3.32. The summed E-state index contributed by atoms with van der Waals surface area (Å²) < 4.78 is 0. The van der Waals surface area contributed by atoms with Crippen molar-refractivity contribution in [1.29, 1.82) is 0 Å². The van der Waals surface area contributed by atoms with Crippen LogP contribution in [0.5, 0.6) is 0 Å². The molecule has 0 bridgehead atoms. The Bertz CT molecular complexity index is 1400. The predicted molar refractivity (Wildman–Crippen MR) is 160 cm³/mol. The van der Waals surface area contributed by atoms with Gasteiger partial charge in [-0.1, -0.05) is 41.9 Å². The van der Waals surface area contributed by atoms with Crippen LogP contribution < -0.4 is 15.5 Å². The lowest BCUT2D eigenvalue weighted by molar-refractivity contribution is -0.132. The number of aromatic nitrogens is 1. The van der Waals surface area contributed by atoms with Crippen LogP contribution in [-0.4, -0.2) is 78.1 Å². The predicted octanol–water partition coefficient (Wildman–Crippen LogP) is 3.49. The van der Waals surface area contributed by atoms with E-state index < -0.39 is 0 Å². The van der Waals surface area contributed by atoms with Crippen molar-refractivity contribution in [3.05, 3.63) is 82.5 Å². The molecule has 2 aliphatic heterocycles. The molecular weight excluding hydrogens is 542 g/mol. The van der Waals surface area contributed by atoms with Crippen molar-refractivity contribution in [3.63, 3.8) is 0 Å². The number of H-pyrrole nitrogens is 1. The van der Waals surface area contributed by atoms with Gasteiger partial charge in [0, 0.05) is 68.9 Å². The van der Waals surface area contributed by atoms with Crippen LogP contribution in [0.25, 0.3) is 0 Å². The summed E-state index contributed by atoms with van der Waals surface area (Å²) in [6, 6.07) is 19.3. The van der Waals surface area contributed by atoms with Crippen LogP contribution in [0.1, 0.15) is 41.1 Å². The number of aryl methyl sites for hydroxylation is 1. The highest BCUT2D eigenvalue weighted by atomic mass is 35.5. The second kappa shape index (κ2) is 13.0.